The van der Waals surface area contributed by atoms with Crippen molar-refractivity contribution in [3.05, 3.63) is 57.6 Å². The quantitative estimate of drug-likeness (QED) is 0.806. The number of hydrogen-bond donors (Lipinski definition) is 1. The van der Waals surface area contributed by atoms with Crippen LogP contribution in [0.15, 0.2) is 30.3 Å². The van der Waals surface area contributed by atoms with E-state index in [2.05, 4.69) is 11.4 Å². The van der Waals surface area contributed by atoms with E-state index in [0.717, 1.165) is 27.9 Å². The highest BCUT2D eigenvalue weighted by atomic mass is 35.5. The molecule has 2 rings (SSSR count). The van der Waals surface area contributed by atoms with Crippen LogP contribution < -0.4 is 10.2 Å². The lowest BCUT2D eigenvalue weighted by molar-refractivity contribution is -0.117. The Labute approximate surface area is 160 Å². The Morgan fingerprint density at radius 1 is 0.962 bits per heavy atom. The van der Waals surface area contributed by atoms with Crippen LogP contribution in [0, 0.1) is 27.7 Å². The average Bonchev–Trinajstić information content (AvgIpc) is 2.48. The van der Waals surface area contributed by atoms with Crippen LogP contribution >= 0.6 is 11.6 Å². The molecule has 2 aromatic rings. The van der Waals surface area contributed by atoms with E-state index in [4.69, 9.17) is 11.6 Å². The van der Waals surface area contributed by atoms with E-state index in [1.807, 2.05) is 52.0 Å². The maximum absolute atomic E-state index is 12.3. The molecular weight excluding hydrogens is 348 g/mol. The van der Waals surface area contributed by atoms with Crippen molar-refractivity contribution in [1.29, 1.82) is 0 Å². The fourth-order valence-electron chi connectivity index (χ4n) is 3.16. The van der Waals surface area contributed by atoms with Gasteiger partial charge in [0, 0.05) is 25.6 Å². The SMILES string of the molecule is CC(=O)N(CCC(=O)Nc1cc(C)cc(C)c1)c1c(C)cc(C)cc1Cl. The van der Waals surface area contributed by atoms with E-state index in [1.54, 1.807) is 4.90 Å². The van der Waals surface area contributed by atoms with Gasteiger partial charge in [0.05, 0.1) is 10.7 Å². The van der Waals surface area contributed by atoms with E-state index in [0.29, 0.717) is 10.7 Å². The molecule has 0 bridgehead atoms. The normalized spacial score (nSPS) is 10.5. The number of carbonyl (C=O) groups excluding carboxylic acids is 2. The van der Waals surface area contributed by atoms with E-state index >= 15 is 0 Å². The van der Waals surface area contributed by atoms with Crippen LogP contribution in [0.2, 0.25) is 5.02 Å². The monoisotopic (exact) mass is 372 g/mol. The maximum Gasteiger partial charge on any atom is 0.226 e. The fourth-order valence-corrected chi connectivity index (χ4v) is 3.58. The molecule has 0 radical (unpaired) electrons. The molecule has 4 nitrogen and oxygen atoms in total. The Bertz CT molecular complexity index is 803. The molecule has 2 amide bonds. The first-order valence-corrected chi connectivity index (χ1v) is 8.98. The molecule has 1 N–H and O–H groups in total. The molecule has 0 spiro atoms. The van der Waals surface area contributed by atoms with E-state index in [9.17, 15) is 9.59 Å². The zero-order valence-electron chi connectivity index (χ0n) is 15.9. The Morgan fingerprint density at radius 3 is 2.08 bits per heavy atom. The summed E-state index contributed by atoms with van der Waals surface area (Å²) in [5.74, 6) is -0.278. The van der Waals surface area contributed by atoms with Gasteiger partial charge in [0.1, 0.15) is 0 Å². The van der Waals surface area contributed by atoms with Crippen molar-refractivity contribution in [2.45, 2.75) is 41.0 Å². The van der Waals surface area contributed by atoms with Crippen molar-refractivity contribution in [2.24, 2.45) is 0 Å². The molecule has 0 saturated carbocycles. The smallest absolute Gasteiger partial charge is 0.226 e. The predicted molar refractivity (Wildman–Crippen MR) is 108 cm³/mol. The molecule has 2 aromatic carbocycles. The highest BCUT2D eigenvalue weighted by Crippen LogP contribution is 2.31. The van der Waals surface area contributed by atoms with Crippen molar-refractivity contribution in [3.63, 3.8) is 0 Å². The number of hydrogen-bond acceptors (Lipinski definition) is 2. The molecule has 26 heavy (non-hydrogen) atoms. The Kier molecular flexibility index (Phi) is 6.43. The number of amides is 2. The molecule has 0 aliphatic carbocycles. The zero-order chi connectivity index (χ0) is 19.4. The topological polar surface area (TPSA) is 49.4 Å². The number of nitrogens with zero attached hydrogens (tertiary/aromatic N) is 1. The number of rotatable bonds is 5. The van der Waals surface area contributed by atoms with Crippen molar-refractivity contribution in [1.82, 2.24) is 0 Å². The lowest BCUT2D eigenvalue weighted by Gasteiger charge is -2.24. The standard InChI is InChI=1S/C21H25ClN2O2/c1-13-8-14(2)11-18(10-13)23-20(26)6-7-24(17(5)25)21-16(4)9-15(3)12-19(21)22/h8-12H,6-7H2,1-5H3,(H,23,26). The van der Waals surface area contributed by atoms with Crippen LogP contribution in [0.4, 0.5) is 11.4 Å². The lowest BCUT2D eigenvalue weighted by Crippen LogP contribution is -2.32. The van der Waals surface area contributed by atoms with Gasteiger partial charge in [0.2, 0.25) is 11.8 Å². The largest absolute Gasteiger partial charge is 0.326 e. The minimum absolute atomic E-state index is 0.137. The summed E-state index contributed by atoms with van der Waals surface area (Å²) >= 11 is 6.36. The zero-order valence-corrected chi connectivity index (χ0v) is 16.7. The predicted octanol–water partition coefficient (Wildman–Crippen LogP) is 4.96. The van der Waals surface area contributed by atoms with Gasteiger partial charge in [-0.05, 0) is 68.1 Å². The third-order valence-electron chi connectivity index (χ3n) is 4.12. The summed E-state index contributed by atoms with van der Waals surface area (Å²) in [4.78, 5) is 26.0. The molecule has 0 aromatic heterocycles. The molecule has 0 saturated heterocycles. The molecule has 0 aliphatic heterocycles. The molecule has 0 heterocycles. The van der Waals surface area contributed by atoms with Crippen LogP contribution in [0.3, 0.4) is 0 Å². The van der Waals surface area contributed by atoms with Crippen LogP contribution in [0.5, 0.6) is 0 Å². The Balaban J connectivity index is 2.12. The van der Waals surface area contributed by atoms with Gasteiger partial charge in [0.15, 0.2) is 0 Å². The average molecular weight is 373 g/mol. The van der Waals surface area contributed by atoms with Crippen molar-refractivity contribution < 1.29 is 9.59 Å². The minimum Gasteiger partial charge on any atom is -0.326 e. The number of nitrogens with one attached hydrogen (secondary N) is 1. The number of anilines is 2. The van der Waals surface area contributed by atoms with Crippen LogP contribution in [0.25, 0.3) is 0 Å². The first-order valence-electron chi connectivity index (χ1n) is 8.60. The van der Waals surface area contributed by atoms with Gasteiger partial charge in [0.25, 0.3) is 0 Å². The van der Waals surface area contributed by atoms with Crippen molar-refractivity contribution >= 4 is 34.8 Å². The first kappa shape index (κ1) is 20.0. The van der Waals surface area contributed by atoms with Gasteiger partial charge in [-0.3, -0.25) is 9.59 Å². The highest BCUT2D eigenvalue weighted by molar-refractivity contribution is 6.34. The molecule has 0 fully saturated rings. The summed E-state index contributed by atoms with van der Waals surface area (Å²) in [5, 5.41) is 3.42. The van der Waals surface area contributed by atoms with Crippen molar-refractivity contribution in [3.8, 4) is 0 Å². The van der Waals surface area contributed by atoms with Crippen LogP contribution in [0.1, 0.15) is 35.6 Å². The first-order chi connectivity index (χ1) is 12.2. The second-order valence-corrected chi connectivity index (χ2v) is 7.16. The molecule has 0 unspecified atom stereocenters. The third-order valence-corrected chi connectivity index (χ3v) is 4.40. The summed E-state index contributed by atoms with van der Waals surface area (Å²) in [6, 6.07) is 9.71. The number of aryl methyl sites for hydroxylation is 4. The number of halogens is 1. The van der Waals surface area contributed by atoms with Crippen LogP contribution in [-0.4, -0.2) is 18.4 Å². The van der Waals surface area contributed by atoms with Gasteiger partial charge in [-0.2, -0.15) is 0 Å². The Hall–Kier alpha value is -2.33. The summed E-state index contributed by atoms with van der Waals surface area (Å²) in [5.41, 5.74) is 5.57. The van der Waals surface area contributed by atoms with Crippen LogP contribution in [-0.2, 0) is 9.59 Å². The lowest BCUT2D eigenvalue weighted by atomic mass is 10.1. The van der Waals surface area contributed by atoms with E-state index in [1.165, 1.54) is 6.92 Å². The summed E-state index contributed by atoms with van der Waals surface area (Å²) in [7, 11) is 0. The number of carbonyl (C=O) groups is 2. The summed E-state index contributed by atoms with van der Waals surface area (Å²) < 4.78 is 0. The van der Waals surface area contributed by atoms with E-state index in [-0.39, 0.29) is 24.8 Å². The van der Waals surface area contributed by atoms with Gasteiger partial charge in [-0.1, -0.05) is 23.7 Å². The summed E-state index contributed by atoms with van der Waals surface area (Å²) in [6.07, 6.45) is 0.191. The number of benzene rings is 2. The molecule has 0 atom stereocenters. The Morgan fingerprint density at radius 2 is 1.54 bits per heavy atom. The van der Waals surface area contributed by atoms with Gasteiger partial charge in [-0.25, -0.2) is 0 Å². The molecular formula is C21H25ClN2O2. The van der Waals surface area contributed by atoms with Gasteiger partial charge < -0.3 is 10.2 Å². The van der Waals surface area contributed by atoms with E-state index < -0.39 is 0 Å². The second kappa shape index (κ2) is 8.37. The molecule has 5 heteroatoms. The molecule has 0 aliphatic rings. The van der Waals surface area contributed by atoms with Gasteiger partial charge in [-0.15, -0.1) is 0 Å². The maximum atomic E-state index is 12.3. The third kappa shape index (κ3) is 5.09. The minimum atomic E-state index is -0.141. The summed E-state index contributed by atoms with van der Waals surface area (Å²) in [6.45, 7) is 9.61. The highest BCUT2D eigenvalue weighted by Gasteiger charge is 2.19. The van der Waals surface area contributed by atoms with Crippen molar-refractivity contribution in [2.75, 3.05) is 16.8 Å². The molecule has 138 valence electrons. The fraction of sp³-hybridized carbons (Fsp3) is 0.333. The van der Waals surface area contributed by atoms with Gasteiger partial charge >= 0.3 is 0 Å². The second-order valence-electron chi connectivity index (χ2n) is 6.76.